The largest absolute Gasteiger partial charge is 0.276 e. The van der Waals surface area contributed by atoms with Crippen LogP contribution in [0.2, 0.25) is 0 Å². The van der Waals surface area contributed by atoms with E-state index in [0.717, 1.165) is 17.5 Å². The highest BCUT2D eigenvalue weighted by atomic mass is 35.5. The van der Waals surface area contributed by atoms with Gasteiger partial charge in [0.05, 0.1) is 0 Å². The topological polar surface area (TPSA) is 17.1 Å². The van der Waals surface area contributed by atoms with Crippen LogP contribution in [-0.4, -0.2) is 5.24 Å². The van der Waals surface area contributed by atoms with Crippen molar-refractivity contribution in [2.75, 3.05) is 0 Å². The van der Waals surface area contributed by atoms with Gasteiger partial charge in [0.25, 0.3) is 5.24 Å². The van der Waals surface area contributed by atoms with Crippen molar-refractivity contribution >= 4 is 16.8 Å². The molecule has 0 aliphatic heterocycles. The van der Waals surface area contributed by atoms with Gasteiger partial charge in [-0.15, -0.1) is 6.58 Å². The second-order valence-electron chi connectivity index (χ2n) is 5.62. The number of benzene rings is 3. The minimum atomic E-state index is -0.434. The first kappa shape index (κ1) is 16.2. The summed E-state index contributed by atoms with van der Waals surface area (Å²) in [5, 5.41) is -0.434. The van der Waals surface area contributed by atoms with Crippen LogP contribution in [0.1, 0.15) is 15.9 Å². The Morgan fingerprint density at radius 1 is 0.750 bits per heavy atom. The Labute approximate surface area is 147 Å². The lowest BCUT2D eigenvalue weighted by Gasteiger charge is -2.06. The molecule has 0 saturated heterocycles. The lowest BCUT2D eigenvalue weighted by atomic mass is 9.99. The zero-order chi connectivity index (χ0) is 16.9. The Morgan fingerprint density at radius 2 is 1.12 bits per heavy atom. The Kier molecular flexibility index (Phi) is 4.93. The smallest absolute Gasteiger partial charge is 0.252 e. The van der Waals surface area contributed by atoms with E-state index in [4.69, 9.17) is 11.6 Å². The normalized spacial score (nSPS) is 10.4. The zero-order valence-electron chi connectivity index (χ0n) is 13.2. The second-order valence-corrected chi connectivity index (χ2v) is 5.96. The lowest BCUT2D eigenvalue weighted by Crippen LogP contribution is -1.88. The van der Waals surface area contributed by atoms with Crippen LogP contribution >= 0.6 is 11.6 Å². The fourth-order valence-electron chi connectivity index (χ4n) is 2.65. The summed E-state index contributed by atoms with van der Waals surface area (Å²) < 4.78 is 0. The number of rotatable bonds is 5. The number of allylic oxidation sites excluding steroid dienone is 1. The van der Waals surface area contributed by atoms with E-state index in [9.17, 15) is 4.79 Å². The van der Waals surface area contributed by atoms with Crippen molar-refractivity contribution in [1.29, 1.82) is 0 Å². The number of carbonyl (C=O) groups is 1. The van der Waals surface area contributed by atoms with Gasteiger partial charge in [0.1, 0.15) is 0 Å². The van der Waals surface area contributed by atoms with Gasteiger partial charge in [-0.3, -0.25) is 4.79 Å². The third-order valence-electron chi connectivity index (χ3n) is 4.00. The number of carbonyl (C=O) groups excluding carboxylic acids is 1. The minimum Gasteiger partial charge on any atom is -0.276 e. The Hall–Kier alpha value is -2.64. The molecular weight excluding hydrogens is 316 g/mol. The van der Waals surface area contributed by atoms with Crippen molar-refractivity contribution in [3.8, 4) is 22.3 Å². The van der Waals surface area contributed by atoms with E-state index < -0.39 is 5.24 Å². The van der Waals surface area contributed by atoms with Gasteiger partial charge in [-0.1, -0.05) is 66.7 Å². The van der Waals surface area contributed by atoms with E-state index in [-0.39, 0.29) is 0 Å². The number of hydrogen-bond acceptors (Lipinski definition) is 1. The fourth-order valence-corrected chi connectivity index (χ4v) is 2.77. The summed E-state index contributed by atoms with van der Waals surface area (Å²) in [6.45, 7) is 3.76. The predicted octanol–water partition coefficient (Wildman–Crippen LogP) is 6.13. The molecule has 0 N–H and O–H groups in total. The summed E-state index contributed by atoms with van der Waals surface area (Å²) in [4.78, 5) is 11.1. The molecule has 118 valence electrons. The minimum absolute atomic E-state index is 0.434. The molecule has 3 aromatic carbocycles. The molecule has 2 heteroatoms. The van der Waals surface area contributed by atoms with Crippen LogP contribution in [0.15, 0.2) is 85.5 Å². The highest BCUT2D eigenvalue weighted by Crippen LogP contribution is 2.25. The Bertz CT molecular complexity index is 844. The Morgan fingerprint density at radius 3 is 1.50 bits per heavy atom. The van der Waals surface area contributed by atoms with Crippen LogP contribution in [0.25, 0.3) is 22.3 Å². The average molecular weight is 333 g/mol. The van der Waals surface area contributed by atoms with Crippen LogP contribution in [0.3, 0.4) is 0 Å². The molecule has 0 saturated carbocycles. The molecule has 0 heterocycles. The molecular formula is C22H17ClO. The van der Waals surface area contributed by atoms with Crippen LogP contribution in [-0.2, 0) is 6.42 Å². The molecule has 0 atom stereocenters. The first-order valence-electron chi connectivity index (χ1n) is 7.78. The lowest BCUT2D eigenvalue weighted by molar-refractivity contribution is 0.108. The van der Waals surface area contributed by atoms with Gasteiger partial charge < -0.3 is 0 Å². The number of halogens is 1. The van der Waals surface area contributed by atoms with Crippen LogP contribution in [0.5, 0.6) is 0 Å². The van der Waals surface area contributed by atoms with Crippen molar-refractivity contribution in [2.45, 2.75) is 6.42 Å². The zero-order valence-corrected chi connectivity index (χ0v) is 14.0. The molecule has 0 aliphatic carbocycles. The molecule has 3 aromatic rings. The van der Waals surface area contributed by atoms with Crippen molar-refractivity contribution in [3.63, 3.8) is 0 Å². The van der Waals surface area contributed by atoms with E-state index in [1.54, 1.807) is 12.1 Å². The van der Waals surface area contributed by atoms with E-state index in [2.05, 4.69) is 55.1 Å². The quantitative estimate of drug-likeness (QED) is 0.406. The van der Waals surface area contributed by atoms with Gasteiger partial charge in [-0.05, 0) is 58.0 Å². The molecule has 3 rings (SSSR count). The van der Waals surface area contributed by atoms with Crippen molar-refractivity contribution in [1.82, 2.24) is 0 Å². The first-order chi connectivity index (χ1) is 11.7. The van der Waals surface area contributed by atoms with Gasteiger partial charge >= 0.3 is 0 Å². The third kappa shape index (κ3) is 3.64. The molecule has 0 bridgehead atoms. The van der Waals surface area contributed by atoms with Crippen molar-refractivity contribution < 1.29 is 4.79 Å². The maximum Gasteiger partial charge on any atom is 0.252 e. The van der Waals surface area contributed by atoms with Gasteiger partial charge in [-0.25, -0.2) is 0 Å². The Balaban J connectivity index is 1.82. The van der Waals surface area contributed by atoms with E-state index in [0.29, 0.717) is 5.56 Å². The molecule has 0 unspecified atom stereocenters. The van der Waals surface area contributed by atoms with E-state index in [1.807, 2.05) is 18.2 Å². The van der Waals surface area contributed by atoms with Crippen molar-refractivity contribution in [3.05, 3.63) is 96.6 Å². The summed E-state index contributed by atoms with van der Waals surface area (Å²) in [6.07, 6.45) is 2.80. The SMILES string of the molecule is C=CCc1ccc(-c2ccc(-c3ccc(C(=O)Cl)cc3)cc2)cc1. The summed E-state index contributed by atoms with van der Waals surface area (Å²) in [5.74, 6) is 0. The highest BCUT2D eigenvalue weighted by Gasteiger charge is 2.03. The molecule has 0 aliphatic rings. The molecule has 0 spiro atoms. The van der Waals surface area contributed by atoms with Crippen molar-refractivity contribution in [2.24, 2.45) is 0 Å². The van der Waals surface area contributed by atoms with Gasteiger partial charge in [0.2, 0.25) is 0 Å². The third-order valence-corrected chi connectivity index (χ3v) is 4.22. The maximum absolute atomic E-state index is 11.1. The molecule has 24 heavy (non-hydrogen) atoms. The molecule has 0 fully saturated rings. The first-order valence-corrected chi connectivity index (χ1v) is 8.16. The molecule has 0 aromatic heterocycles. The van der Waals surface area contributed by atoms with Crippen LogP contribution in [0, 0.1) is 0 Å². The van der Waals surface area contributed by atoms with Crippen LogP contribution < -0.4 is 0 Å². The van der Waals surface area contributed by atoms with Crippen LogP contribution in [0.4, 0.5) is 0 Å². The summed E-state index contributed by atoms with van der Waals surface area (Å²) in [6, 6.07) is 24.2. The molecule has 0 radical (unpaired) electrons. The van der Waals surface area contributed by atoms with Gasteiger partial charge in [-0.2, -0.15) is 0 Å². The van der Waals surface area contributed by atoms with Gasteiger partial charge in [0, 0.05) is 5.56 Å². The highest BCUT2D eigenvalue weighted by molar-refractivity contribution is 6.67. The number of hydrogen-bond donors (Lipinski definition) is 0. The standard InChI is InChI=1S/C22H17ClO/c1-2-3-16-4-6-17(7-5-16)18-8-10-19(11-9-18)20-12-14-21(15-13-20)22(23)24/h2,4-15H,1,3H2. The fraction of sp³-hybridized carbons (Fsp3) is 0.0455. The van der Waals surface area contributed by atoms with Gasteiger partial charge in [0.15, 0.2) is 0 Å². The molecule has 0 amide bonds. The average Bonchev–Trinajstić information content (AvgIpc) is 2.63. The predicted molar refractivity (Wildman–Crippen MR) is 101 cm³/mol. The summed E-state index contributed by atoms with van der Waals surface area (Å²) in [5.41, 5.74) is 6.31. The summed E-state index contributed by atoms with van der Waals surface area (Å²) in [7, 11) is 0. The van der Waals surface area contributed by atoms with E-state index >= 15 is 0 Å². The monoisotopic (exact) mass is 332 g/mol. The summed E-state index contributed by atoms with van der Waals surface area (Å²) >= 11 is 5.48. The van der Waals surface area contributed by atoms with E-state index in [1.165, 1.54) is 16.7 Å². The second kappa shape index (κ2) is 7.29. The maximum atomic E-state index is 11.1. The molecule has 1 nitrogen and oxygen atoms in total.